The number of fused-ring (bicyclic) bond motifs is 3. The minimum atomic E-state index is -0.341. The van der Waals surface area contributed by atoms with Crippen LogP contribution in [0.5, 0.6) is 0 Å². The van der Waals surface area contributed by atoms with E-state index in [1.54, 1.807) is 17.7 Å². The molecule has 0 amide bonds. The maximum absolute atomic E-state index is 13.0. The van der Waals surface area contributed by atoms with E-state index < -0.39 is 0 Å². The Kier molecular flexibility index (Phi) is 3.64. The summed E-state index contributed by atoms with van der Waals surface area (Å²) in [6.45, 7) is 6.80. The summed E-state index contributed by atoms with van der Waals surface area (Å²) < 4.78 is 11.9. The first kappa shape index (κ1) is 16.4. The van der Waals surface area contributed by atoms with Crippen molar-refractivity contribution in [1.29, 1.82) is 0 Å². The molecule has 0 bridgehead atoms. The lowest BCUT2D eigenvalue weighted by atomic mass is 10.2. The molecule has 4 heterocycles. The van der Waals surface area contributed by atoms with Gasteiger partial charge in [-0.2, -0.15) is 4.98 Å². The van der Waals surface area contributed by atoms with Crippen LogP contribution >= 0.6 is 0 Å². The van der Waals surface area contributed by atoms with Gasteiger partial charge < -0.3 is 8.98 Å². The number of furan rings is 1. The van der Waals surface area contributed by atoms with Gasteiger partial charge in [0.2, 0.25) is 5.78 Å². The van der Waals surface area contributed by atoms with Crippen molar-refractivity contribution in [3.8, 4) is 0 Å². The molecular formula is C18H21N5O3. The van der Waals surface area contributed by atoms with E-state index in [1.165, 1.54) is 9.13 Å². The highest BCUT2D eigenvalue weighted by Gasteiger charge is 2.20. The minimum Gasteiger partial charge on any atom is -0.467 e. The molecule has 0 aliphatic rings. The van der Waals surface area contributed by atoms with Crippen LogP contribution in [0.1, 0.15) is 25.3 Å². The summed E-state index contributed by atoms with van der Waals surface area (Å²) in [6, 6.07) is 3.73. The first-order chi connectivity index (χ1) is 12.4. The summed E-state index contributed by atoms with van der Waals surface area (Å²) in [4.78, 5) is 30.2. The topological polar surface area (TPSA) is 79.4 Å². The molecule has 0 saturated heterocycles. The summed E-state index contributed by atoms with van der Waals surface area (Å²) in [6.07, 6.45) is 3.50. The number of imidazole rings is 2. The third-order valence-corrected chi connectivity index (χ3v) is 4.58. The van der Waals surface area contributed by atoms with Crippen LogP contribution in [0.3, 0.4) is 0 Å². The number of hydrogen-bond acceptors (Lipinski definition) is 4. The lowest BCUT2D eigenvalue weighted by molar-refractivity contribution is 0.484. The average molecular weight is 355 g/mol. The molecule has 0 aromatic carbocycles. The Morgan fingerprint density at radius 3 is 2.65 bits per heavy atom. The number of aryl methyl sites for hydroxylation is 2. The van der Waals surface area contributed by atoms with Gasteiger partial charge in [-0.25, -0.2) is 4.79 Å². The smallest absolute Gasteiger partial charge is 0.332 e. The van der Waals surface area contributed by atoms with Crippen molar-refractivity contribution >= 4 is 16.9 Å². The second-order valence-corrected chi connectivity index (χ2v) is 7.04. The van der Waals surface area contributed by atoms with Gasteiger partial charge in [-0.3, -0.25) is 18.3 Å². The van der Waals surface area contributed by atoms with Crippen molar-refractivity contribution in [2.24, 2.45) is 13.0 Å². The van der Waals surface area contributed by atoms with Gasteiger partial charge in [0.15, 0.2) is 11.2 Å². The van der Waals surface area contributed by atoms with Gasteiger partial charge >= 0.3 is 5.69 Å². The second kappa shape index (κ2) is 5.76. The van der Waals surface area contributed by atoms with E-state index in [2.05, 4.69) is 4.98 Å². The molecule has 0 saturated carbocycles. The zero-order valence-electron chi connectivity index (χ0n) is 15.3. The molecule has 4 aromatic rings. The Hall–Kier alpha value is -3.03. The second-order valence-electron chi connectivity index (χ2n) is 7.04. The molecule has 0 fully saturated rings. The van der Waals surface area contributed by atoms with Gasteiger partial charge in [0, 0.05) is 25.5 Å². The van der Waals surface area contributed by atoms with Gasteiger partial charge in [-0.05, 0) is 25.0 Å². The standard InChI is InChI=1S/C18H21N5O3/c1-11(2)8-23-16(24)14-15(20(4)18(23)25)19-17-21(12(3)9-22(14)17)10-13-6-5-7-26-13/h5-7,9,11H,8,10H2,1-4H3. The van der Waals surface area contributed by atoms with Gasteiger partial charge in [0.25, 0.3) is 5.56 Å². The maximum Gasteiger partial charge on any atom is 0.332 e. The molecule has 8 heteroatoms. The SMILES string of the molecule is Cc1cn2c3c(=O)n(CC(C)C)c(=O)n(C)c3nc2n1Cc1ccco1. The number of hydrogen-bond donors (Lipinski definition) is 0. The van der Waals surface area contributed by atoms with E-state index >= 15 is 0 Å². The third-order valence-electron chi connectivity index (χ3n) is 4.58. The molecule has 8 nitrogen and oxygen atoms in total. The molecule has 0 radical (unpaired) electrons. The summed E-state index contributed by atoms with van der Waals surface area (Å²) in [7, 11) is 1.65. The van der Waals surface area contributed by atoms with E-state index in [-0.39, 0.29) is 17.2 Å². The predicted octanol–water partition coefficient (Wildman–Crippen LogP) is 1.76. The van der Waals surface area contributed by atoms with E-state index in [1.807, 2.05) is 43.7 Å². The lowest BCUT2D eigenvalue weighted by Crippen LogP contribution is -2.40. The summed E-state index contributed by atoms with van der Waals surface area (Å²) >= 11 is 0. The van der Waals surface area contributed by atoms with Crippen molar-refractivity contribution in [2.75, 3.05) is 0 Å². The van der Waals surface area contributed by atoms with Crippen molar-refractivity contribution in [2.45, 2.75) is 33.9 Å². The highest BCUT2D eigenvalue weighted by molar-refractivity contribution is 5.75. The number of nitrogens with zero attached hydrogens (tertiary/aromatic N) is 5. The maximum atomic E-state index is 13.0. The van der Waals surface area contributed by atoms with E-state index in [4.69, 9.17) is 4.42 Å². The molecular weight excluding hydrogens is 334 g/mol. The molecule has 0 atom stereocenters. The highest BCUT2D eigenvalue weighted by Crippen LogP contribution is 2.18. The Bertz CT molecular complexity index is 1220. The Balaban J connectivity index is 2.03. The third kappa shape index (κ3) is 2.33. The van der Waals surface area contributed by atoms with Crippen LogP contribution in [0.25, 0.3) is 16.9 Å². The molecule has 0 spiro atoms. The van der Waals surface area contributed by atoms with Crippen molar-refractivity contribution in [1.82, 2.24) is 23.1 Å². The first-order valence-corrected chi connectivity index (χ1v) is 8.58. The zero-order valence-corrected chi connectivity index (χ0v) is 15.3. The fourth-order valence-corrected chi connectivity index (χ4v) is 3.34. The summed E-state index contributed by atoms with van der Waals surface area (Å²) in [5, 5.41) is 0. The average Bonchev–Trinajstić information content (AvgIpc) is 3.28. The largest absolute Gasteiger partial charge is 0.467 e. The van der Waals surface area contributed by atoms with Crippen molar-refractivity contribution in [3.05, 3.63) is 56.9 Å². The van der Waals surface area contributed by atoms with Crippen LogP contribution in [-0.4, -0.2) is 23.1 Å². The minimum absolute atomic E-state index is 0.187. The Morgan fingerprint density at radius 1 is 1.23 bits per heavy atom. The van der Waals surface area contributed by atoms with Crippen molar-refractivity contribution in [3.63, 3.8) is 0 Å². The molecule has 26 heavy (non-hydrogen) atoms. The molecule has 0 unspecified atom stereocenters. The van der Waals surface area contributed by atoms with Gasteiger partial charge in [0.1, 0.15) is 5.76 Å². The van der Waals surface area contributed by atoms with Crippen LogP contribution < -0.4 is 11.2 Å². The highest BCUT2D eigenvalue weighted by atomic mass is 16.3. The van der Waals surface area contributed by atoms with E-state index in [9.17, 15) is 9.59 Å². The van der Waals surface area contributed by atoms with Crippen LogP contribution in [0.4, 0.5) is 0 Å². The zero-order chi connectivity index (χ0) is 18.6. The monoisotopic (exact) mass is 355 g/mol. The first-order valence-electron chi connectivity index (χ1n) is 8.58. The lowest BCUT2D eigenvalue weighted by Gasteiger charge is -2.09. The Morgan fingerprint density at radius 2 is 2.00 bits per heavy atom. The fraction of sp³-hybridized carbons (Fsp3) is 0.389. The van der Waals surface area contributed by atoms with Gasteiger partial charge in [-0.15, -0.1) is 0 Å². The normalized spacial score (nSPS) is 12.0. The quantitative estimate of drug-likeness (QED) is 0.559. The van der Waals surface area contributed by atoms with Crippen LogP contribution in [0, 0.1) is 12.8 Å². The molecule has 136 valence electrons. The predicted molar refractivity (Wildman–Crippen MR) is 97.6 cm³/mol. The molecule has 0 aliphatic heterocycles. The van der Waals surface area contributed by atoms with Crippen LogP contribution in [0.2, 0.25) is 0 Å². The molecule has 4 rings (SSSR count). The summed E-state index contributed by atoms with van der Waals surface area (Å²) in [5.74, 6) is 1.60. The van der Waals surface area contributed by atoms with Crippen LogP contribution in [0.15, 0.2) is 38.6 Å². The van der Waals surface area contributed by atoms with Gasteiger partial charge in [-0.1, -0.05) is 13.8 Å². The Labute approximate surface area is 148 Å². The van der Waals surface area contributed by atoms with E-state index in [0.717, 1.165) is 11.5 Å². The van der Waals surface area contributed by atoms with Gasteiger partial charge in [0.05, 0.1) is 12.8 Å². The molecule has 0 N–H and O–H groups in total. The molecule has 4 aromatic heterocycles. The fourth-order valence-electron chi connectivity index (χ4n) is 3.34. The molecule has 0 aliphatic carbocycles. The van der Waals surface area contributed by atoms with E-state index in [0.29, 0.717) is 30.0 Å². The number of aromatic nitrogens is 5. The van der Waals surface area contributed by atoms with Crippen LogP contribution in [-0.2, 0) is 20.1 Å². The number of rotatable bonds is 4. The summed E-state index contributed by atoms with van der Waals surface area (Å²) in [5.41, 5.74) is 1.12. The van der Waals surface area contributed by atoms with Crippen molar-refractivity contribution < 1.29 is 4.42 Å².